The van der Waals surface area contributed by atoms with Crippen LogP contribution in [0.25, 0.3) is 0 Å². The Balaban J connectivity index is 1.44. The van der Waals surface area contributed by atoms with Crippen LogP contribution in [-0.2, 0) is 22.7 Å². The quantitative estimate of drug-likeness (QED) is 0.431. The van der Waals surface area contributed by atoms with Crippen molar-refractivity contribution >= 4 is 29.1 Å². The smallest absolute Gasteiger partial charge is 0.238 e. The number of amides is 2. The summed E-state index contributed by atoms with van der Waals surface area (Å²) in [6.45, 7) is 0.935. The van der Waals surface area contributed by atoms with Gasteiger partial charge in [-0.05, 0) is 54.6 Å². The fourth-order valence-electron chi connectivity index (χ4n) is 3.21. The molecule has 0 atom stereocenters. The van der Waals surface area contributed by atoms with Crippen LogP contribution in [0.4, 0.5) is 5.69 Å². The molecule has 2 amide bonds. The molecular weight excluding hydrogens is 454 g/mol. The Kier molecular flexibility index (Phi) is 9.31. The summed E-state index contributed by atoms with van der Waals surface area (Å²) < 4.78 is 11.3. The normalized spacial score (nSPS) is 10.6. The first kappa shape index (κ1) is 25.1. The van der Waals surface area contributed by atoms with Crippen LogP contribution >= 0.6 is 11.6 Å². The van der Waals surface area contributed by atoms with Gasteiger partial charge < -0.3 is 20.1 Å². The molecule has 0 aliphatic rings. The molecule has 8 heteroatoms. The molecule has 3 aromatic carbocycles. The van der Waals surface area contributed by atoms with E-state index in [-0.39, 0.29) is 24.9 Å². The van der Waals surface area contributed by atoms with Crippen molar-refractivity contribution in [2.24, 2.45) is 0 Å². The molecule has 0 fully saturated rings. The number of benzene rings is 3. The molecule has 0 spiro atoms. The van der Waals surface area contributed by atoms with Gasteiger partial charge in [0.05, 0.1) is 20.2 Å². The predicted molar refractivity (Wildman–Crippen MR) is 133 cm³/mol. The zero-order valence-corrected chi connectivity index (χ0v) is 20.0. The first-order valence-corrected chi connectivity index (χ1v) is 11.1. The molecule has 2 N–H and O–H groups in total. The molecule has 0 aliphatic carbocycles. The summed E-state index contributed by atoms with van der Waals surface area (Å²) in [5, 5.41) is 6.23. The molecule has 0 unspecified atom stereocenters. The number of nitrogens with zero attached hydrogens (tertiary/aromatic N) is 1. The number of hydrogen-bond donors (Lipinski definition) is 2. The Hall–Kier alpha value is -3.55. The van der Waals surface area contributed by atoms with Crippen molar-refractivity contribution in [2.45, 2.75) is 13.2 Å². The van der Waals surface area contributed by atoms with Crippen molar-refractivity contribution in [1.29, 1.82) is 0 Å². The van der Waals surface area contributed by atoms with E-state index < -0.39 is 0 Å². The number of carbonyl (C=O) groups excluding carboxylic acids is 2. The Morgan fingerprint density at radius 2 is 1.59 bits per heavy atom. The summed E-state index contributed by atoms with van der Waals surface area (Å²) in [6.07, 6.45) is 0. The Morgan fingerprint density at radius 3 is 2.29 bits per heavy atom. The highest BCUT2D eigenvalue weighted by Gasteiger charge is 2.12. The van der Waals surface area contributed by atoms with Gasteiger partial charge in [0.15, 0.2) is 11.5 Å². The number of ether oxygens (including phenoxy) is 2. The van der Waals surface area contributed by atoms with Crippen LogP contribution in [0, 0.1) is 0 Å². The molecule has 3 aromatic rings. The van der Waals surface area contributed by atoms with Crippen LogP contribution in [0.5, 0.6) is 11.5 Å². The van der Waals surface area contributed by atoms with Gasteiger partial charge in [-0.25, -0.2) is 0 Å². The molecule has 0 heterocycles. The molecule has 0 saturated carbocycles. The minimum absolute atomic E-state index is 0.0807. The summed E-state index contributed by atoms with van der Waals surface area (Å²) in [6, 6.07) is 22.3. The Bertz CT molecular complexity index is 1090. The van der Waals surface area contributed by atoms with E-state index in [1.54, 1.807) is 43.3 Å². The fraction of sp³-hybridized carbons (Fsp3) is 0.231. The van der Waals surface area contributed by atoms with E-state index in [1.807, 2.05) is 48.5 Å². The van der Waals surface area contributed by atoms with Crippen LogP contribution in [0.1, 0.15) is 11.1 Å². The van der Waals surface area contributed by atoms with E-state index in [4.69, 9.17) is 21.1 Å². The van der Waals surface area contributed by atoms with Crippen molar-refractivity contribution < 1.29 is 19.1 Å². The van der Waals surface area contributed by atoms with Crippen molar-refractivity contribution in [3.05, 3.63) is 88.9 Å². The Morgan fingerprint density at radius 1 is 0.882 bits per heavy atom. The fourth-order valence-corrected chi connectivity index (χ4v) is 3.34. The Labute approximate surface area is 204 Å². The monoisotopic (exact) mass is 481 g/mol. The lowest BCUT2D eigenvalue weighted by Gasteiger charge is -2.16. The largest absolute Gasteiger partial charge is 0.493 e. The van der Waals surface area contributed by atoms with Gasteiger partial charge in [-0.2, -0.15) is 0 Å². The van der Waals surface area contributed by atoms with Gasteiger partial charge in [0, 0.05) is 17.3 Å². The summed E-state index contributed by atoms with van der Waals surface area (Å²) in [4.78, 5) is 26.1. The van der Waals surface area contributed by atoms with E-state index in [9.17, 15) is 9.59 Å². The van der Waals surface area contributed by atoms with E-state index in [0.717, 1.165) is 11.1 Å². The van der Waals surface area contributed by atoms with Crippen molar-refractivity contribution in [1.82, 2.24) is 10.2 Å². The van der Waals surface area contributed by atoms with Gasteiger partial charge in [-0.15, -0.1) is 0 Å². The molecule has 0 bridgehead atoms. The first-order valence-electron chi connectivity index (χ1n) is 10.8. The molecule has 34 heavy (non-hydrogen) atoms. The van der Waals surface area contributed by atoms with Crippen LogP contribution in [0.15, 0.2) is 72.8 Å². The zero-order chi connectivity index (χ0) is 24.3. The first-order chi connectivity index (χ1) is 16.4. The van der Waals surface area contributed by atoms with Gasteiger partial charge >= 0.3 is 0 Å². The van der Waals surface area contributed by atoms with Gasteiger partial charge in [-0.3, -0.25) is 14.5 Å². The summed E-state index contributed by atoms with van der Waals surface area (Å²) >= 11 is 5.85. The lowest BCUT2D eigenvalue weighted by atomic mass is 10.2. The maximum absolute atomic E-state index is 12.3. The summed E-state index contributed by atoms with van der Waals surface area (Å²) in [5.74, 6) is 0.824. The van der Waals surface area contributed by atoms with Crippen LogP contribution in [-0.4, -0.2) is 44.0 Å². The predicted octanol–water partition coefficient (Wildman–Crippen LogP) is 4.11. The highest BCUT2D eigenvalue weighted by atomic mass is 35.5. The lowest BCUT2D eigenvalue weighted by molar-refractivity contribution is -0.123. The standard InChI is InChI=1S/C26H28ClN3O4/c1-30(17-26(32)29-22-11-9-21(27)10-12-22)16-25(31)28-15-20-8-13-23(24(14-20)33-2)34-18-19-6-4-3-5-7-19/h3-14H,15-18H2,1-2H3,(H,28,31)(H,29,32). The molecular formula is C26H28ClN3O4. The van der Waals surface area contributed by atoms with E-state index in [2.05, 4.69) is 10.6 Å². The van der Waals surface area contributed by atoms with Gasteiger partial charge in [0.1, 0.15) is 6.61 Å². The van der Waals surface area contributed by atoms with Crippen LogP contribution < -0.4 is 20.1 Å². The number of nitrogens with one attached hydrogen (secondary N) is 2. The molecule has 0 radical (unpaired) electrons. The number of halogens is 1. The molecule has 3 rings (SSSR count). The summed E-state index contributed by atoms with van der Waals surface area (Å²) in [5.41, 5.74) is 2.59. The number of methoxy groups -OCH3 is 1. The molecule has 7 nitrogen and oxygen atoms in total. The molecule has 0 aliphatic heterocycles. The van der Waals surface area contributed by atoms with Gasteiger partial charge in [0.2, 0.25) is 11.8 Å². The second-order valence-corrected chi connectivity index (χ2v) is 8.20. The van der Waals surface area contributed by atoms with Crippen molar-refractivity contribution in [3.8, 4) is 11.5 Å². The number of rotatable bonds is 11. The lowest BCUT2D eigenvalue weighted by Crippen LogP contribution is -2.38. The second-order valence-electron chi connectivity index (χ2n) is 7.76. The minimum Gasteiger partial charge on any atom is -0.493 e. The number of anilines is 1. The number of carbonyl (C=O) groups is 2. The number of hydrogen-bond acceptors (Lipinski definition) is 5. The highest BCUT2D eigenvalue weighted by molar-refractivity contribution is 6.30. The van der Waals surface area contributed by atoms with Gasteiger partial charge in [0.25, 0.3) is 0 Å². The van der Waals surface area contributed by atoms with E-state index >= 15 is 0 Å². The SMILES string of the molecule is COc1cc(CNC(=O)CN(C)CC(=O)Nc2ccc(Cl)cc2)ccc1OCc1ccccc1. The highest BCUT2D eigenvalue weighted by Crippen LogP contribution is 2.28. The van der Waals surface area contributed by atoms with Crippen LogP contribution in [0.3, 0.4) is 0 Å². The van der Waals surface area contributed by atoms with E-state index in [1.165, 1.54) is 0 Å². The van der Waals surface area contributed by atoms with Crippen LogP contribution in [0.2, 0.25) is 5.02 Å². The molecule has 0 saturated heterocycles. The van der Waals surface area contributed by atoms with E-state index in [0.29, 0.717) is 35.4 Å². The minimum atomic E-state index is -0.214. The third kappa shape index (κ3) is 8.10. The molecule has 0 aromatic heterocycles. The third-order valence-corrected chi connectivity index (χ3v) is 5.16. The maximum Gasteiger partial charge on any atom is 0.238 e. The van der Waals surface area contributed by atoms with Crippen molar-refractivity contribution in [2.75, 3.05) is 32.6 Å². The third-order valence-electron chi connectivity index (χ3n) is 4.91. The molecule has 178 valence electrons. The average molecular weight is 482 g/mol. The summed E-state index contributed by atoms with van der Waals surface area (Å²) in [7, 11) is 3.29. The zero-order valence-electron chi connectivity index (χ0n) is 19.2. The second kappa shape index (κ2) is 12.6. The average Bonchev–Trinajstić information content (AvgIpc) is 2.83. The topological polar surface area (TPSA) is 79.9 Å². The van der Waals surface area contributed by atoms with Gasteiger partial charge in [-0.1, -0.05) is 48.0 Å². The maximum atomic E-state index is 12.3. The number of likely N-dealkylation sites (N-methyl/N-ethyl adjacent to an activating group) is 1. The van der Waals surface area contributed by atoms with Crippen molar-refractivity contribution in [3.63, 3.8) is 0 Å².